The minimum atomic E-state index is 0.546. The molecule has 1 heterocycles. The van der Waals surface area contributed by atoms with E-state index in [4.69, 9.17) is 0 Å². The van der Waals surface area contributed by atoms with Crippen LogP contribution in [0.5, 0.6) is 0 Å². The maximum Gasteiger partial charge on any atom is 0.0728 e. The van der Waals surface area contributed by atoms with Gasteiger partial charge in [-0.3, -0.25) is 4.68 Å². The van der Waals surface area contributed by atoms with Crippen LogP contribution in [-0.2, 0) is 6.54 Å². The second-order valence-electron chi connectivity index (χ2n) is 3.99. The molecule has 0 spiro atoms. The van der Waals surface area contributed by atoms with E-state index in [9.17, 15) is 0 Å². The zero-order valence-electron chi connectivity index (χ0n) is 9.62. The van der Waals surface area contributed by atoms with Crippen LogP contribution in [0.4, 0.5) is 5.69 Å². The van der Waals surface area contributed by atoms with Crippen molar-refractivity contribution in [2.75, 3.05) is 5.32 Å². The SMILES string of the molecule is CC[C@@H](Nc1cnn(CC)c1)C(C)C. The molecule has 1 N–H and O–H groups in total. The van der Waals surface area contributed by atoms with Gasteiger partial charge >= 0.3 is 0 Å². The Morgan fingerprint density at radius 3 is 2.57 bits per heavy atom. The summed E-state index contributed by atoms with van der Waals surface area (Å²) in [4.78, 5) is 0. The Kier molecular flexibility index (Phi) is 3.98. The monoisotopic (exact) mass is 195 g/mol. The van der Waals surface area contributed by atoms with Gasteiger partial charge in [-0.15, -0.1) is 0 Å². The Labute approximate surface area is 86.5 Å². The quantitative estimate of drug-likeness (QED) is 0.783. The van der Waals surface area contributed by atoms with E-state index in [-0.39, 0.29) is 0 Å². The molecule has 0 aliphatic carbocycles. The number of hydrogen-bond acceptors (Lipinski definition) is 2. The van der Waals surface area contributed by atoms with Crippen molar-refractivity contribution in [2.45, 2.75) is 46.7 Å². The molecule has 0 fully saturated rings. The van der Waals surface area contributed by atoms with E-state index < -0.39 is 0 Å². The molecule has 0 aromatic carbocycles. The summed E-state index contributed by atoms with van der Waals surface area (Å²) in [6.07, 6.45) is 5.11. The summed E-state index contributed by atoms with van der Waals surface area (Å²) in [5.41, 5.74) is 1.13. The molecule has 0 bridgehead atoms. The Morgan fingerprint density at radius 2 is 2.14 bits per heavy atom. The first-order valence-corrected chi connectivity index (χ1v) is 5.46. The van der Waals surface area contributed by atoms with E-state index in [0.29, 0.717) is 12.0 Å². The van der Waals surface area contributed by atoms with Gasteiger partial charge in [0, 0.05) is 18.8 Å². The third kappa shape index (κ3) is 2.76. The number of aryl methyl sites for hydroxylation is 1. The van der Waals surface area contributed by atoms with Crippen LogP contribution in [0.25, 0.3) is 0 Å². The predicted molar refractivity (Wildman–Crippen MR) is 60.4 cm³/mol. The van der Waals surface area contributed by atoms with Crippen molar-refractivity contribution in [1.29, 1.82) is 0 Å². The summed E-state index contributed by atoms with van der Waals surface area (Å²) in [7, 11) is 0. The average Bonchev–Trinajstić information content (AvgIpc) is 2.61. The van der Waals surface area contributed by atoms with Crippen LogP contribution in [0.15, 0.2) is 12.4 Å². The first kappa shape index (κ1) is 11.1. The third-order valence-corrected chi connectivity index (χ3v) is 2.55. The van der Waals surface area contributed by atoms with Crippen molar-refractivity contribution in [3.63, 3.8) is 0 Å². The molecule has 80 valence electrons. The summed E-state index contributed by atoms with van der Waals surface area (Å²) < 4.78 is 1.94. The molecule has 0 aliphatic rings. The minimum Gasteiger partial charge on any atom is -0.380 e. The highest BCUT2D eigenvalue weighted by molar-refractivity contribution is 5.39. The van der Waals surface area contributed by atoms with Gasteiger partial charge in [0.25, 0.3) is 0 Å². The van der Waals surface area contributed by atoms with Crippen molar-refractivity contribution in [3.8, 4) is 0 Å². The zero-order valence-corrected chi connectivity index (χ0v) is 9.62. The Hall–Kier alpha value is -0.990. The van der Waals surface area contributed by atoms with Gasteiger partial charge in [0.1, 0.15) is 0 Å². The molecule has 0 amide bonds. The van der Waals surface area contributed by atoms with Crippen molar-refractivity contribution < 1.29 is 0 Å². The van der Waals surface area contributed by atoms with Crippen LogP contribution in [0.1, 0.15) is 34.1 Å². The van der Waals surface area contributed by atoms with Crippen molar-refractivity contribution in [1.82, 2.24) is 9.78 Å². The van der Waals surface area contributed by atoms with Gasteiger partial charge in [0.2, 0.25) is 0 Å². The van der Waals surface area contributed by atoms with Crippen molar-refractivity contribution in [3.05, 3.63) is 12.4 Å². The second-order valence-corrected chi connectivity index (χ2v) is 3.99. The van der Waals surface area contributed by atoms with Crippen molar-refractivity contribution >= 4 is 5.69 Å². The Balaban J connectivity index is 2.57. The standard InChI is InChI=1S/C11H21N3/c1-5-11(9(3)4)13-10-7-12-14(6-2)8-10/h7-9,11,13H,5-6H2,1-4H3/t11-/m1/s1. The highest BCUT2D eigenvalue weighted by Gasteiger charge is 2.10. The molecule has 14 heavy (non-hydrogen) atoms. The van der Waals surface area contributed by atoms with Crippen molar-refractivity contribution in [2.24, 2.45) is 5.92 Å². The molecule has 1 atom stereocenters. The lowest BCUT2D eigenvalue weighted by Crippen LogP contribution is -2.24. The molecule has 0 aliphatic heterocycles. The van der Waals surface area contributed by atoms with Crippen LogP contribution in [0.2, 0.25) is 0 Å². The molecular weight excluding hydrogens is 174 g/mol. The summed E-state index contributed by atoms with van der Waals surface area (Å²) >= 11 is 0. The molecule has 0 unspecified atom stereocenters. The van der Waals surface area contributed by atoms with Gasteiger partial charge in [-0.1, -0.05) is 20.8 Å². The number of aromatic nitrogens is 2. The Bertz CT molecular complexity index is 265. The average molecular weight is 195 g/mol. The first-order valence-electron chi connectivity index (χ1n) is 5.46. The third-order valence-electron chi connectivity index (χ3n) is 2.55. The molecule has 3 heteroatoms. The van der Waals surface area contributed by atoms with Gasteiger partial charge in [-0.2, -0.15) is 5.10 Å². The fourth-order valence-electron chi connectivity index (χ4n) is 1.57. The number of nitrogens with zero attached hydrogens (tertiary/aromatic N) is 2. The summed E-state index contributed by atoms with van der Waals surface area (Å²) in [6.45, 7) is 9.72. The number of rotatable bonds is 5. The molecule has 1 aromatic rings. The first-order chi connectivity index (χ1) is 6.67. The van der Waals surface area contributed by atoms with E-state index in [1.54, 1.807) is 0 Å². The van der Waals surface area contributed by atoms with E-state index in [1.807, 2.05) is 10.9 Å². The molecule has 3 nitrogen and oxygen atoms in total. The predicted octanol–water partition coefficient (Wildman–Crippen LogP) is 2.75. The highest BCUT2D eigenvalue weighted by Crippen LogP contribution is 2.14. The molecule has 0 saturated carbocycles. The van der Waals surface area contributed by atoms with Crippen LogP contribution in [0, 0.1) is 5.92 Å². The second kappa shape index (κ2) is 5.03. The lowest BCUT2D eigenvalue weighted by atomic mass is 10.0. The largest absolute Gasteiger partial charge is 0.380 e. The maximum absolute atomic E-state index is 4.24. The topological polar surface area (TPSA) is 29.9 Å². The molecule has 1 rings (SSSR count). The normalized spacial score (nSPS) is 13.2. The Morgan fingerprint density at radius 1 is 1.43 bits per heavy atom. The van der Waals surface area contributed by atoms with Gasteiger partial charge in [0.15, 0.2) is 0 Å². The molecule has 1 aromatic heterocycles. The van der Waals surface area contributed by atoms with Crippen LogP contribution >= 0.6 is 0 Å². The van der Waals surface area contributed by atoms with Crippen LogP contribution in [-0.4, -0.2) is 15.8 Å². The summed E-state index contributed by atoms with van der Waals surface area (Å²) in [5, 5.41) is 7.74. The van der Waals surface area contributed by atoms with Crippen LogP contribution < -0.4 is 5.32 Å². The van der Waals surface area contributed by atoms with Crippen LogP contribution in [0.3, 0.4) is 0 Å². The lowest BCUT2D eigenvalue weighted by molar-refractivity contribution is 0.511. The van der Waals surface area contributed by atoms with Gasteiger partial charge in [0.05, 0.1) is 11.9 Å². The minimum absolute atomic E-state index is 0.546. The van der Waals surface area contributed by atoms with E-state index in [0.717, 1.165) is 18.7 Å². The summed E-state index contributed by atoms with van der Waals surface area (Å²) in [6, 6.07) is 0.546. The smallest absolute Gasteiger partial charge is 0.0728 e. The van der Waals surface area contributed by atoms with Gasteiger partial charge < -0.3 is 5.32 Å². The fraction of sp³-hybridized carbons (Fsp3) is 0.727. The highest BCUT2D eigenvalue weighted by atomic mass is 15.3. The maximum atomic E-state index is 4.24. The van der Waals surface area contributed by atoms with E-state index in [2.05, 4.69) is 44.3 Å². The lowest BCUT2D eigenvalue weighted by Gasteiger charge is -2.20. The number of hydrogen-bond donors (Lipinski definition) is 1. The molecule has 0 saturated heterocycles. The zero-order chi connectivity index (χ0) is 10.6. The number of anilines is 1. The fourth-order valence-corrected chi connectivity index (χ4v) is 1.57. The van der Waals surface area contributed by atoms with Gasteiger partial charge in [-0.05, 0) is 19.3 Å². The van der Waals surface area contributed by atoms with E-state index >= 15 is 0 Å². The van der Waals surface area contributed by atoms with E-state index in [1.165, 1.54) is 0 Å². The van der Waals surface area contributed by atoms with Gasteiger partial charge in [-0.25, -0.2) is 0 Å². The summed E-state index contributed by atoms with van der Waals surface area (Å²) in [5.74, 6) is 0.657. The number of nitrogens with one attached hydrogen (secondary N) is 1. The molecule has 0 radical (unpaired) electrons. The molecular formula is C11H21N3.